The molecular weight excluding hydrogens is 232 g/mol. The lowest BCUT2D eigenvalue weighted by Gasteiger charge is -2.02. The van der Waals surface area contributed by atoms with E-state index in [-0.39, 0.29) is 0 Å². The number of rotatable bonds is 9. The van der Waals surface area contributed by atoms with Gasteiger partial charge in [-0.2, -0.15) is 0 Å². The van der Waals surface area contributed by atoms with Crippen molar-refractivity contribution in [1.82, 2.24) is 0 Å². The zero-order chi connectivity index (χ0) is 14.3. The summed E-state index contributed by atoms with van der Waals surface area (Å²) in [6.45, 7) is 6.25. The third-order valence-electron chi connectivity index (χ3n) is 3.18. The Balaban J connectivity index is 0.00000154. The van der Waals surface area contributed by atoms with E-state index in [1.807, 2.05) is 26.0 Å². The van der Waals surface area contributed by atoms with E-state index in [0.29, 0.717) is 0 Å². The number of aryl methyl sites for hydroxylation is 1. The first-order chi connectivity index (χ1) is 9.36. The summed E-state index contributed by atoms with van der Waals surface area (Å²) >= 11 is 0. The van der Waals surface area contributed by atoms with Crippen LogP contribution in [0, 0.1) is 0 Å². The number of benzene rings is 1. The van der Waals surface area contributed by atoms with E-state index in [1.54, 1.807) is 0 Å². The molecule has 0 aromatic heterocycles. The van der Waals surface area contributed by atoms with Crippen LogP contribution in [0.2, 0.25) is 0 Å². The Morgan fingerprint density at radius 1 is 0.842 bits per heavy atom. The molecule has 0 spiro atoms. The van der Waals surface area contributed by atoms with Crippen molar-refractivity contribution in [2.75, 3.05) is 0 Å². The molecule has 0 fully saturated rings. The molecular formula is C18H30O. The lowest BCUT2D eigenvalue weighted by molar-refractivity contribution is 0.112. The van der Waals surface area contributed by atoms with Gasteiger partial charge in [-0.3, -0.25) is 4.79 Å². The Morgan fingerprint density at radius 3 is 1.89 bits per heavy atom. The summed E-state index contributed by atoms with van der Waals surface area (Å²) in [5, 5.41) is 0. The number of aldehydes is 1. The fourth-order valence-electron chi connectivity index (χ4n) is 2.05. The largest absolute Gasteiger partial charge is 0.298 e. The molecule has 19 heavy (non-hydrogen) atoms. The van der Waals surface area contributed by atoms with Gasteiger partial charge in [0.05, 0.1) is 0 Å². The van der Waals surface area contributed by atoms with Gasteiger partial charge in [-0.15, -0.1) is 0 Å². The fraction of sp³-hybridized carbons (Fsp3) is 0.611. The zero-order valence-electron chi connectivity index (χ0n) is 13.0. The van der Waals surface area contributed by atoms with E-state index in [2.05, 4.69) is 19.1 Å². The molecule has 0 radical (unpaired) electrons. The minimum atomic E-state index is 0.772. The number of hydrogen-bond donors (Lipinski definition) is 0. The third-order valence-corrected chi connectivity index (χ3v) is 3.18. The second-order valence-electron chi connectivity index (χ2n) is 4.73. The molecule has 0 N–H and O–H groups in total. The van der Waals surface area contributed by atoms with E-state index in [1.165, 1.54) is 50.5 Å². The van der Waals surface area contributed by atoms with Crippen LogP contribution < -0.4 is 0 Å². The normalized spacial score (nSPS) is 9.63. The molecule has 0 atom stereocenters. The van der Waals surface area contributed by atoms with Crippen LogP contribution in [-0.2, 0) is 6.42 Å². The molecule has 0 bridgehead atoms. The first-order valence-corrected chi connectivity index (χ1v) is 7.91. The SMILES string of the molecule is CC.CCCCCCCCCc1ccc(C=O)cc1. The minimum Gasteiger partial charge on any atom is -0.298 e. The van der Waals surface area contributed by atoms with E-state index >= 15 is 0 Å². The monoisotopic (exact) mass is 262 g/mol. The number of carbonyl (C=O) groups excluding carboxylic acids is 1. The van der Waals surface area contributed by atoms with Crippen LogP contribution in [-0.4, -0.2) is 6.29 Å². The molecule has 1 rings (SSSR count). The zero-order valence-corrected chi connectivity index (χ0v) is 13.0. The predicted octanol–water partition coefficient (Wildman–Crippen LogP) is 5.82. The van der Waals surface area contributed by atoms with Crippen LogP contribution in [0.3, 0.4) is 0 Å². The molecule has 1 aromatic rings. The highest BCUT2D eigenvalue weighted by atomic mass is 16.1. The molecule has 0 amide bonds. The average molecular weight is 262 g/mol. The first-order valence-electron chi connectivity index (χ1n) is 7.91. The minimum absolute atomic E-state index is 0.772. The molecule has 1 heteroatoms. The summed E-state index contributed by atoms with van der Waals surface area (Å²) < 4.78 is 0. The number of unbranched alkanes of at least 4 members (excludes halogenated alkanes) is 6. The van der Waals surface area contributed by atoms with Gasteiger partial charge in [0.25, 0.3) is 0 Å². The molecule has 0 unspecified atom stereocenters. The van der Waals surface area contributed by atoms with Crippen molar-refractivity contribution in [3.05, 3.63) is 35.4 Å². The van der Waals surface area contributed by atoms with E-state index in [9.17, 15) is 4.79 Å². The molecule has 0 aliphatic rings. The number of hydrogen-bond acceptors (Lipinski definition) is 1. The maximum Gasteiger partial charge on any atom is 0.150 e. The van der Waals surface area contributed by atoms with Crippen LogP contribution in [0.4, 0.5) is 0 Å². The van der Waals surface area contributed by atoms with Crippen molar-refractivity contribution in [1.29, 1.82) is 0 Å². The maximum atomic E-state index is 10.5. The van der Waals surface area contributed by atoms with Crippen LogP contribution >= 0.6 is 0 Å². The van der Waals surface area contributed by atoms with Crippen molar-refractivity contribution in [2.45, 2.75) is 72.1 Å². The molecule has 0 saturated carbocycles. The van der Waals surface area contributed by atoms with Crippen LogP contribution in [0.1, 0.15) is 81.6 Å². The molecule has 0 saturated heterocycles. The van der Waals surface area contributed by atoms with Gasteiger partial charge in [-0.05, 0) is 18.4 Å². The Hall–Kier alpha value is -1.11. The molecule has 108 valence electrons. The summed E-state index contributed by atoms with van der Waals surface area (Å²) in [5.74, 6) is 0. The summed E-state index contributed by atoms with van der Waals surface area (Å²) in [7, 11) is 0. The number of carbonyl (C=O) groups is 1. The van der Waals surface area contributed by atoms with Crippen LogP contribution in [0.15, 0.2) is 24.3 Å². The van der Waals surface area contributed by atoms with Gasteiger partial charge in [0, 0.05) is 5.56 Å². The van der Waals surface area contributed by atoms with Crippen LogP contribution in [0.5, 0.6) is 0 Å². The summed E-state index contributed by atoms with van der Waals surface area (Å²) in [6, 6.07) is 7.95. The first kappa shape index (κ1) is 17.9. The molecule has 0 aliphatic carbocycles. The van der Waals surface area contributed by atoms with Gasteiger partial charge in [0.2, 0.25) is 0 Å². The van der Waals surface area contributed by atoms with Crippen molar-refractivity contribution in [2.24, 2.45) is 0 Å². The summed E-state index contributed by atoms with van der Waals surface area (Å²) in [5.41, 5.74) is 2.12. The highest BCUT2D eigenvalue weighted by Gasteiger charge is 1.95. The lowest BCUT2D eigenvalue weighted by atomic mass is 10.0. The Labute approximate surface area is 119 Å². The Morgan fingerprint density at radius 2 is 1.37 bits per heavy atom. The second kappa shape index (κ2) is 13.3. The van der Waals surface area contributed by atoms with Gasteiger partial charge in [0.15, 0.2) is 0 Å². The highest BCUT2D eigenvalue weighted by Crippen LogP contribution is 2.11. The quantitative estimate of drug-likeness (QED) is 0.405. The lowest BCUT2D eigenvalue weighted by Crippen LogP contribution is -1.87. The van der Waals surface area contributed by atoms with Crippen molar-refractivity contribution in [3.8, 4) is 0 Å². The van der Waals surface area contributed by atoms with Crippen molar-refractivity contribution in [3.63, 3.8) is 0 Å². The van der Waals surface area contributed by atoms with Gasteiger partial charge in [-0.25, -0.2) is 0 Å². The van der Waals surface area contributed by atoms with Gasteiger partial charge >= 0.3 is 0 Å². The third kappa shape index (κ3) is 9.47. The van der Waals surface area contributed by atoms with Crippen molar-refractivity contribution >= 4 is 6.29 Å². The molecule has 0 heterocycles. The van der Waals surface area contributed by atoms with E-state index in [4.69, 9.17) is 0 Å². The standard InChI is InChI=1S/C16H24O.C2H6/c1-2-3-4-5-6-7-8-9-15-10-12-16(14-17)13-11-15;1-2/h10-14H,2-9H2,1H3;1-2H3. The fourth-order valence-corrected chi connectivity index (χ4v) is 2.05. The van der Waals surface area contributed by atoms with Gasteiger partial charge < -0.3 is 0 Å². The topological polar surface area (TPSA) is 17.1 Å². The smallest absolute Gasteiger partial charge is 0.150 e. The van der Waals surface area contributed by atoms with Gasteiger partial charge in [0.1, 0.15) is 6.29 Å². The predicted molar refractivity (Wildman–Crippen MR) is 84.9 cm³/mol. The molecule has 1 aromatic carbocycles. The second-order valence-corrected chi connectivity index (χ2v) is 4.73. The van der Waals surface area contributed by atoms with Gasteiger partial charge in [-0.1, -0.05) is 83.6 Å². The van der Waals surface area contributed by atoms with E-state index in [0.717, 1.165) is 18.3 Å². The maximum absolute atomic E-state index is 10.5. The van der Waals surface area contributed by atoms with Crippen LogP contribution in [0.25, 0.3) is 0 Å². The summed E-state index contributed by atoms with van der Waals surface area (Å²) in [6.07, 6.45) is 11.5. The Bertz CT molecular complexity index is 300. The average Bonchev–Trinajstić information content (AvgIpc) is 2.49. The Kier molecular flexibility index (Phi) is 12.5. The molecule has 0 aliphatic heterocycles. The van der Waals surface area contributed by atoms with E-state index < -0.39 is 0 Å². The van der Waals surface area contributed by atoms with Crippen molar-refractivity contribution < 1.29 is 4.79 Å². The summed E-state index contributed by atoms with van der Waals surface area (Å²) in [4.78, 5) is 10.5. The molecule has 1 nitrogen and oxygen atoms in total. The highest BCUT2D eigenvalue weighted by molar-refractivity contribution is 5.74.